The second-order valence-electron chi connectivity index (χ2n) is 9.76. The number of carbonyl (C=O) groups excluding carboxylic acids is 2. The number of nitro benzene ring substituents is 1. The Morgan fingerprint density at radius 1 is 0.878 bits per heavy atom. The Kier molecular flexibility index (Phi) is 7.92. The van der Waals surface area contributed by atoms with Crippen LogP contribution in [0.4, 0.5) is 5.69 Å². The fourth-order valence-corrected chi connectivity index (χ4v) is 4.74. The normalized spacial score (nSPS) is 11.7. The zero-order chi connectivity index (χ0) is 28.9. The van der Waals surface area contributed by atoms with Gasteiger partial charge in [0.1, 0.15) is 0 Å². The lowest BCUT2D eigenvalue weighted by atomic mass is 10.0. The molecule has 0 saturated carbocycles. The molecule has 0 bridgehead atoms. The average molecular weight is 548 g/mol. The summed E-state index contributed by atoms with van der Waals surface area (Å²) >= 11 is 0. The SMILES string of the molecule is CCOC(=O)c1ccc(-c2ccc(Cn3ccc4cc(C(=O)N[C@@H](C)c5ccc([N+](=O)[O-])cc5)ccc43)cc2)cc1. The van der Waals surface area contributed by atoms with Gasteiger partial charge >= 0.3 is 5.97 Å². The Bertz CT molecular complexity index is 1710. The second-order valence-corrected chi connectivity index (χ2v) is 9.76. The Morgan fingerprint density at radius 3 is 2.15 bits per heavy atom. The lowest BCUT2D eigenvalue weighted by Crippen LogP contribution is -2.26. The van der Waals surface area contributed by atoms with Crippen LogP contribution in [0.2, 0.25) is 0 Å². The Hall–Kier alpha value is -5.24. The van der Waals surface area contributed by atoms with Crippen molar-refractivity contribution in [1.82, 2.24) is 9.88 Å². The fourth-order valence-electron chi connectivity index (χ4n) is 4.74. The molecule has 1 atom stereocenters. The van der Waals surface area contributed by atoms with Gasteiger partial charge in [0, 0.05) is 41.3 Å². The summed E-state index contributed by atoms with van der Waals surface area (Å²) in [4.78, 5) is 35.3. The average Bonchev–Trinajstić information content (AvgIpc) is 3.39. The number of carbonyl (C=O) groups is 2. The number of amides is 1. The van der Waals surface area contributed by atoms with E-state index in [-0.39, 0.29) is 23.6 Å². The maximum atomic E-state index is 12.9. The van der Waals surface area contributed by atoms with Crippen molar-refractivity contribution in [3.63, 3.8) is 0 Å². The van der Waals surface area contributed by atoms with E-state index in [4.69, 9.17) is 4.74 Å². The predicted molar refractivity (Wildman–Crippen MR) is 158 cm³/mol. The highest BCUT2D eigenvalue weighted by molar-refractivity contribution is 5.98. The van der Waals surface area contributed by atoms with Gasteiger partial charge in [0.25, 0.3) is 11.6 Å². The van der Waals surface area contributed by atoms with Crippen LogP contribution in [-0.4, -0.2) is 28.0 Å². The van der Waals surface area contributed by atoms with E-state index in [2.05, 4.69) is 34.1 Å². The quantitative estimate of drug-likeness (QED) is 0.122. The Labute approximate surface area is 237 Å². The van der Waals surface area contributed by atoms with Gasteiger partial charge in [-0.05, 0) is 72.5 Å². The van der Waals surface area contributed by atoms with Crippen LogP contribution in [0, 0.1) is 10.1 Å². The third kappa shape index (κ3) is 6.17. The highest BCUT2D eigenvalue weighted by Gasteiger charge is 2.14. The topological polar surface area (TPSA) is 103 Å². The smallest absolute Gasteiger partial charge is 0.338 e. The van der Waals surface area contributed by atoms with Crippen LogP contribution in [0.25, 0.3) is 22.0 Å². The van der Waals surface area contributed by atoms with Gasteiger partial charge in [-0.15, -0.1) is 0 Å². The van der Waals surface area contributed by atoms with Gasteiger partial charge in [-0.25, -0.2) is 4.79 Å². The van der Waals surface area contributed by atoms with Crippen LogP contribution in [0.5, 0.6) is 0 Å². The number of nitrogens with zero attached hydrogens (tertiary/aromatic N) is 2. The summed E-state index contributed by atoms with van der Waals surface area (Å²) in [6, 6.07) is 29.2. The van der Waals surface area contributed by atoms with Crippen molar-refractivity contribution in [2.24, 2.45) is 0 Å². The van der Waals surface area contributed by atoms with Crippen molar-refractivity contribution >= 4 is 28.5 Å². The van der Waals surface area contributed by atoms with Gasteiger partial charge in [0.2, 0.25) is 0 Å². The number of benzene rings is 4. The highest BCUT2D eigenvalue weighted by atomic mass is 16.6. The third-order valence-corrected chi connectivity index (χ3v) is 7.02. The first-order valence-corrected chi connectivity index (χ1v) is 13.3. The van der Waals surface area contributed by atoms with Crippen molar-refractivity contribution in [3.8, 4) is 11.1 Å². The second kappa shape index (κ2) is 11.9. The molecule has 4 aromatic carbocycles. The molecule has 5 aromatic rings. The molecule has 0 radical (unpaired) electrons. The number of rotatable bonds is 9. The van der Waals surface area contributed by atoms with Gasteiger partial charge in [-0.3, -0.25) is 14.9 Å². The summed E-state index contributed by atoms with van der Waals surface area (Å²) in [5, 5.41) is 14.8. The summed E-state index contributed by atoms with van der Waals surface area (Å²) < 4.78 is 7.19. The number of aromatic nitrogens is 1. The molecule has 0 unspecified atom stereocenters. The summed E-state index contributed by atoms with van der Waals surface area (Å²) in [5.41, 5.74) is 6.10. The van der Waals surface area contributed by atoms with E-state index in [1.807, 2.05) is 43.5 Å². The van der Waals surface area contributed by atoms with Crippen LogP contribution in [0.15, 0.2) is 103 Å². The molecule has 0 spiro atoms. The van der Waals surface area contributed by atoms with Crippen LogP contribution < -0.4 is 5.32 Å². The van der Waals surface area contributed by atoms with E-state index >= 15 is 0 Å². The predicted octanol–water partition coefficient (Wildman–Crippen LogP) is 6.93. The summed E-state index contributed by atoms with van der Waals surface area (Å²) in [5.74, 6) is -0.533. The first-order valence-electron chi connectivity index (χ1n) is 13.3. The molecule has 0 aliphatic carbocycles. The molecule has 8 nitrogen and oxygen atoms in total. The Morgan fingerprint density at radius 2 is 1.51 bits per heavy atom. The molecule has 0 fully saturated rings. The molecule has 1 heterocycles. The lowest BCUT2D eigenvalue weighted by Gasteiger charge is -2.14. The van der Waals surface area contributed by atoms with Crippen molar-refractivity contribution in [3.05, 3.63) is 136 Å². The fraction of sp³-hybridized carbons (Fsp3) is 0.152. The number of ether oxygens (including phenoxy) is 1. The Balaban J connectivity index is 1.24. The third-order valence-electron chi connectivity index (χ3n) is 7.02. The van der Waals surface area contributed by atoms with Crippen LogP contribution in [0.3, 0.4) is 0 Å². The van der Waals surface area contributed by atoms with Crippen molar-refractivity contribution in [2.75, 3.05) is 6.61 Å². The molecular weight excluding hydrogens is 518 g/mol. The standard InChI is InChI=1S/C33H29N3O5/c1-3-41-33(38)27-10-8-26(9-11-27)25-6-4-23(5-7-25)21-35-19-18-28-20-29(14-17-31(28)35)32(37)34-22(2)24-12-15-30(16-13-24)36(39)40/h4-20,22H,3,21H2,1-2H3,(H,34,37)/t22-/m0/s1. The minimum absolute atomic E-state index is 0.0142. The van der Waals surface area contributed by atoms with Crippen LogP contribution in [-0.2, 0) is 11.3 Å². The number of fused-ring (bicyclic) bond motifs is 1. The van der Waals surface area contributed by atoms with E-state index in [9.17, 15) is 19.7 Å². The molecule has 8 heteroatoms. The lowest BCUT2D eigenvalue weighted by molar-refractivity contribution is -0.384. The first-order chi connectivity index (χ1) is 19.8. The molecule has 1 N–H and O–H groups in total. The number of hydrogen-bond donors (Lipinski definition) is 1. The van der Waals surface area contributed by atoms with Gasteiger partial charge in [-0.2, -0.15) is 0 Å². The minimum atomic E-state index is -0.446. The number of nitro groups is 1. The van der Waals surface area contributed by atoms with Gasteiger partial charge in [0.15, 0.2) is 0 Å². The maximum Gasteiger partial charge on any atom is 0.338 e. The van der Waals surface area contributed by atoms with Crippen LogP contribution in [0.1, 0.15) is 51.7 Å². The zero-order valence-corrected chi connectivity index (χ0v) is 22.7. The van der Waals surface area contributed by atoms with E-state index in [0.717, 1.165) is 33.2 Å². The summed E-state index contributed by atoms with van der Waals surface area (Å²) in [7, 11) is 0. The molecule has 0 aliphatic heterocycles. The van der Waals surface area contributed by atoms with E-state index < -0.39 is 4.92 Å². The zero-order valence-electron chi connectivity index (χ0n) is 22.7. The van der Waals surface area contributed by atoms with E-state index in [0.29, 0.717) is 24.3 Å². The highest BCUT2D eigenvalue weighted by Crippen LogP contribution is 2.24. The van der Waals surface area contributed by atoms with Gasteiger partial charge < -0.3 is 14.6 Å². The molecular formula is C33H29N3O5. The monoisotopic (exact) mass is 547 g/mol. The number of hydrogen-bond acceptors (Lipinski definition) is 5. The van der Waals surface area contributed by atoms with E-state index in [1.54, 1.807) is 37.3 Å². The molecule has 206 valence electrons. The summed E-state index contributed by atoms with van der Waals surface area (Å²) in [6.07, 6.45) is 2.01. The molecule has 1 amide bonds. The minimum Gasteiger partial charge on any atom is -0.462 e. The summed E-state index contributed by atoms with van der Waals surface area (Å²) in [6.45, 7) is 4.65. The molecule has 0 saturated heterocycles. The molecule has 0 aliphatic rings. The van der Waals surface area contributed by atoms with Crippen molar-refractivity contribution in [2.45, 2.75) is 26.4 Å². The molecule has 1 aromatic heterocycles. The maximum absolute atomic E-state index is 12.9. The molecule has 41 heavy (non-hydrogen) atoms. The van der Waals surface area contributed by atoms with Crippen molar-refractivity contribution < 1.29 is 19.2 Å². The number of non-ortho nitro benzene ring substituents is 1. The first kappa shape index (κ1) is 27.3. The number of esters is 1. The van der Waals surface area contributed by atoms with E-state index in [1.165, 1.54) is 12.1 Å². The van der Waals surface area contributed by atoms with Crippen LogP contribution >= 0.6 is 0 Å². The van der Waals surface area contributed by atoms with Gasteiger partial charge in [-0.1, -0.05) is 48.5 Å². The number of nitrogens with one attached hydrogen (secondary N) is 1. The van der Waals surface area contributed by atoms with Crippen molar-refractivity contribution in [1.29, 1.82) is 0 Å². The van der Waals surface area contributed by atoms with Gasteiger partial charge in [0.05, 0.1) is 23.1 Å². The largest absolute Gasteiger partial charge is 0.462 e. The molecule has 5 rings (SSSR count).